The van der Waals surface area contributed by atoms with Gasteiger partial charge >= 0.3 is 0 Å². The molecule has 1 aliphatic rings. The van der Waals surface area contributed by atoms with Crippen molar-refractivity contribution in [2.24, 2.45) is 7.05 Å². The summed E-state index contributed by atoms with van der Waals surface area (Å²) in [5.41, 5.74) is 1.44. The van der Waals surface area contributed by atoms with Crippen LogP contribution in [0.25, 0.3) is 5.69 Å². The molecule has 134 valence electrons. The maximum Gasteiger partial charge on any atom is 0.269 e. The van der Waals surface area contributed by atoms with Gasteiger partial charge in [-0.2, -0.15) is 5.10 Å². The number of aryl methyl sites for hydroxylation is 1. The van der Waals surface area contributed by atoms with Crippen LogP contribution in [0.3, 0.4) is 0 Å². The molecule has 1 N–H and O–H groups in total. The van der Waals surface area contributed by atoms with Gasteiger partial charge in [-0.25, -0.2) is 9.67 Å². The third-order valence-electron chi connectivity index (χ3n) is 4.26. The molecule has 0 aliphatic carbocycles. The zero-order chi connectivity index (χ0) is 17.9. The molecule has 8 heteroatoms. The summed E-state index contributed by atoms with van der Waals surface area (Å²) in [7, 11) is 1.78. The summed E-state index contributed by atoms with van der Waals surface area (Å²) in [5.74, 6) is 0.429. The summed E-state index contributed by atoms with van der Waals surface area (Å²) in [6.07, 6.45) is 6.32. The molecule has 4 rings (SSSR count). The molecular weight excluding hydrogens is 334 g/mol. The van der Waals surface area contributed by atoms with Crippen LogP contribution < -0.4 is 10.1 Å². The highest BCUT2D eigenvalue weighted by Crippen LogP contribution is 2.19. The zero-order valence-electron chi connectivity index (χ0n) is 14.3. The third kappa shape index (κ3) is 3.31. The molecule has 1 aliphatic heterocycles. The van der Waals surface area contributed by atoms with Crippen molar-refractivity contribution in [2.45, 2.75) is 12.1 Å². The van der Waals surface area contributed by atoms with Gasteiger partial charge in [-0.05, 0) is 12.1 Å². The molecule has 1 amide bonds. The Balaban J connectivity index is 1.42. The standard InChI is InChI=1S/C18H19N5O3/c1-22-12-19-8-16(22)18(24)21-15-10-25-11-17(15)26-14-7-20-23(9-14)13-5-3-2-4-6-13/h2-9,12,15,17H,10-11H2,1H3,(H,21,24)/t15-,17+/m0/s1. The largest absolute Gasteiger partial charge is 0.482 e. The van der Waals surface area contributed by atoms with E-state index in [0.29, 0.717) is 24.7 Å². The summed E-state index contributed by atoms with van der Waals surface area (Å²) < 4.78 is 14.9. The first-order chi connectivity index (χ1) is 12.7. The first-order valence-electron chi connectivity index (χ1n) is 8.32. The average molecular weight is 353 g/mol. The number of aromatic nitrogens is 4. The van der Waals surface area contributed by atoms with Crippen LogP contribution in [0.2, 0.25) is 0 Å². The Bertz CT molecular complexity index is 889. The van der Waals surface area contributed by atoms with Crippen LogP contribution in [-0.4, -0.2) is 50.6 Å². The second-order valence-electron chi connectivity index (χ2n) is 6.12. The van der Waals surface area contributed by atoms with Gasteiger partial charge < -0.3 is 19.4 Å². The Morgan fingerprint density at radius 1 is 1.27 bits per heavy atom. The molecule has 8 nitrogen and oxygen atoms in total. The number of carbonyl (C=O) groups excluding carboxylic acids is 1. The van der Waals surface area contributed by atoms with Crippen LogP contribution in [0.1, 0.15) is 10.5 Å². The molecule has 0 unspecified atom stereocenters. The number of amides is 1. The number of nitrogens with one attached hydrogen (secondary N) is 1. The van der Waals surface area contributed by atoms with Gasteiger partial charge in [-0.15, -0.1) is 0 Å². The predicted octanol–water partition coefficient (Wildman–Crippen LogP) is 1.18. The Labute approximate surface area is 150 Å². The minimum absolute atomic E-state index is 0.200. The first-order valence-corrected chi connectivity index (χ1v) is 8.32. The summed E-state index contributed by atoms with van der Waals surface area (Å²) in [6, 6.07) is 9.55. The molecule has 0 spiro atoms. The third-order valence-corrected chi connectivity index (χ3v) is 4.26. The fourth-order valence-electron chi connectivity index (χ4n) is 2.87. The van der Waals surface area contributed by atoms with Crippen molar-refractivity contribution in [2.75, 3.05) is 13.2 Å². The zero-order valence-corrected chi connectivity index (χ0v) is 14.3. The number of nitrogens with zero attached hydrogens (tertiary/aromatic N) is 4. The molecule has 1 saturated heterocycles. The Hall–Kier alpha value is -3.13. The maximum absolute atomic E-state index is 12.4. The van der Waals surface area contributed by atoms with Crippen LogP contribution in [0, 0.1) is 0 Å². The monoisotopic (exact) mass is 353 g/mol. The topological polar surface area (TPSA) is 83.2 Å². The summed E-state index contributed by atoms with van der Waals surface area (Å²) in [5, 5.41) is 7.27. The van der Waals surface area contributed by atoms with Crippen LogP contribution in [0.4, 0.5) is 0 Å². The lowest BCUT2D eigenvalue weighted by atomic mass is 10.2. The van der Waals surface area contributed by atoms with E-state index in [1.807, 2.05) is 36.5 Å². The van der Waals surface area contributed by atoms with E-state index >= 15 is 0 Å². The molecule has 2 aromatic heterocycles. The minimum Gasteiger partial charge on any atom is -0.482 e. The van der Waals surface area contributed by atoms with Crippen molar-refractivity contribution in [3.63, 3.8) is 0 Å². The maximum atomic E-state index is 12.4. The van der Waals surface area contributed by atoms with Gasteiger partial charge in [-0.3, -0.25) is 4.79 Å². The molecule has 0 radical (unpaired) electrons. The van der Waals surface area contributed by atoms with Gasteiger partial charge in [0.15, 0.2) is 5.75 Å². The average Bonchev–Trinajstić information content (AvgIpc) is 3.38. The highest BCUT2D eigenvalue weighted by Gasteiger charge is 2.32. The van der Waals surface area contributed by atoms with Gasteiger partial charge in [0.05, 0.1) is 49.9 Å². The molecule has 3 aromatic rings. The van der Waals surface area contributed by atoms with E-state index < -0.39 is 0 Å². The second kappa shape index (κ2) is 7.01. The Kier molecular flexibility index (Phi) is 4.40. The highest BCUT2D eigenvalue weighted by molar-refractivity contribution is 5.92. The van der Waals surface area contributed by atoms with Crippen LogP contribution in [0.5, 0.6) is 5.75 Å². The lowest BCUT2D eigenvalue weighted by Gasteiger charge is -2.19. The van der Waals surface area contributed by atoms with Gasteiger partial charge in [0.25, 0.3) is 5.91 Å². The van der Waals surface area contributed by atoms with Gasteiger partial charge in [-0.1, -0.05) is 18.2 Å². The second-order valence-corrected chi connectivity index (χ2v) is 6.12. The summed E-state index contributed by atoms with van der Waals surface area (Å²) in [4.78, 5) is 16.3. The molecule has 3 heterocycles. The number of para-hydroxylation sites is 1. The number of benzene rings is 1. The van der Waals surface area contributed by atoms with Crippen molar-refractivity contribution < 1.29 is 14.3 Å². The van der Waals surface area contributed by atoms with E-state index in [2.05, 4.69) is 15.4 Å². The fraction of sp³-hybridized carbons (Fsp3) is 0.278. The normalized spacial score (nSPS) is 19.4. The van der Waals surface area contributed by atoms with Crippen LogP contribution in [0.15, 0.2) is 55.2 Å². The molecule has 0 bridgehead atoms. The molecule has 26 heavy (non-hydrogen) atoms. The number of rotatable bonds is 5. The van der Waals surface area contributed by atoms with Crippen molar-refractivity contribution >= 4 is 5.91 Å². The van der Waals surface area contributed by atoms with E-state index in [1.165, 1.54) is 6.20 Å². The summed E-state index contributed by atoms with van der Waals surface area (Å²) in [6.45, 7) is 0.813. The SMILES string of the molecule is Cn1cncc1C(=O)N[C@H]1COC[C@H]1Oc1cnn(-c2ccccc2)c1. The van der Waals surface area contributed by atoms with Crippen LogP contribution in [-0.2, 0) is 11.8 Å². The number of ether oxygens (including phenoxy) is 2. The Morgan fingerprint density at radius 2 is 2.12 bits per heavy atom. The molecule has 1 fully saturated rings. The predicted molar refractivity (Wildman–Crippen MR) is 93.3 cm³/mol. The van der Waals surface area contributed by atoms with Gasteiger partial charge in [0, 0.05) is 7.05 Å². The van der Waals surface area contributed by atoms with E-state index in [0.717, 1.165) is 5.69 Å². The van der Waals surface area contributed by atoms with Crippen molar-refractivity contribution in [3.05, 3.63) is 60.9 Å². The summed E-state index contributed by atoms with van der Waals surface area (Å²) >= 11 is 0. The van der Waals surface area contributed by atoms with E-state index in [1.54, 1.807) is 28.8 Å². The Morgan fingerprint density at radius 3 is 2.88 bits per heavy atom. The quantitative estimate of drug-likeness (QED) is 0.745. The van der Waals surface area contributed by atoms with Crippen LogP contribution >= 0.6 is 0 Å². The molecule has 1 aromatic carbocycles. The van der Waals surface area contributed by atoms with Crippen molar-refractivity contribution in [1.29, 1.82) is 0 Å². The van der Waals surface area contributed by atoms with E-state index in [4.69, 9.17) is 9.47 Å². The molecular formula is C18H19N5O3. The number of hydrogen-bond acceptors (Lipinski definition) is 5. The van der Waals surface area contributed by atoms with Gasteiger partial charge in [0.2, 0.25) is 0 Å². The number of carbonyl (C=O) groups is 1. The van der Waals surface area contributed by atoms with E-state index in [-0.39, 0.29) is 18.1 Å². The minimum atomic E-state index is -0.277. The van der Waals surface area contributed by atoms with Gasteiger partial charge in [0.1, 0.15) is 11.8 Å². The van der Waals surface area contributed by atoms with Crippen molar-refractivity contribution in [3.8, 4) is 11.4 Å². The van der Waals surface area contributed by atoms with E-state index in [9.17, 15) is 4.79 Å². The van der Waals surface area contributed by atoms with Crippen molar-refractivity contribution in [1.82, 2.24) is 24.6 Å². The lowest BCUT2D eigenvalue weighted by Crippen LogP contribution is -2.45. The molecule has 2 atom stereocenters. The number of imidazole rings is 1. The lowest BCUT2D eigenvalue weighted by molar-refractivity contribution is 0.0896. The smallest absolute Gasteiger partial charge is 0.269 e. The molecule has 0 saturated carbocycles. The highest BCUT2D eigenvalue weighted by atomic mass is 16.5. The number of hydrogen-bond donors (Lipinski definition) is 1. The first kappa shape index (κ1) is 16.3. The fourth-order valence-corrected chi connectivity index (χ4v) is 2.87.